The van der Waals surface area contributed by atoms with Crippen molar-refractivity contribution in [1.29, 1.82) is 0 Å². The molecule has 1 saturated carbocycles. The van der Waals surface area contributed by atoms with Crippen LogP contribution >= 0.6 is 0 Å². The summed E-state index contributed by atoms with van der Waals surface area (Å²) in [5, 5.41) is 0. The van der Waals surface area contributed by atoms with E-state index in [-0.39, 0.29) is 0 Å². The highest BCUT2D eigenvalue weighted by molar-refractivity contribution is 5.76. The van der Waals surface area contributed by atoms with E-state index >= 15 is 0 Å². The molecule has 102 valence electrons. The molecule has 1 unspecified atom stereocenters. The lowest BCUT2D eigenvalue weighted by molar-refractivity contribution is -0.131. The van der Waals surface area contributed by atoms with E-state index < -0.39 is 0 Å². The maximum atomic E-state index is 12.2. The maximum absolute atomic E-state index is 12.2. The van der Waals surface area contributed by atoms with Gasteiger partial charge in [0.2, 0.25) is 5.91 Å². The second-order valence-corrected chi connectivity index (χ2v) is 6.07. The highest BCUT2D eigenvalue weighted by Crippen LogP contribution is 2.31. The Kier molecular flexibility index (Phi) is 3.86. The summed E-state index contributed by atoms with van der Waals surface area (Å²) < 4.78 is 0. The standard InChI is InChI=1S/C17H23NO/c19-17-10-9-16(15-7-2-1-3-8-15)11-12-18(17)13-14-5-4-6-14/h1-3,7-8,14,16H,4-6,9-13H2. The molecule has 1 aliphatic heterocycles. The molecule has 0 radical (unpaired) electrons. The second-order valence-electron chi connectivity index (χ2n) is 6.07. The number of likely N-dealkylation sites (tertiary alicyclic amines) is 1. The van der Waals surface area contributed by atoms with Gasteiger partial charge in [-0.3, -0.25) is 4.79 Å². The number of carbonyl (C=O) groups is 1. The van der Waals surface area contributed by atoms with E-state index in [1.807, 2.05) is 0 Å². The first kappa shape index (κ1) is 12.7. The molecule has 2 fully saturated rings. The molecule has 1 heterocycles. The summed E-state index contributed by atoms with van der Waals surface area (Å²) in [6.45, 7) is 1.97. The lowest BCUT2D eigenvalue weighted by Crippen LogP contribution is -2.37. The first-order valence-corrected chi connectivity index (χ1v) is 7.65. The van der Waals surface area contributed by atoms with Crippen molar-refractivity contribution >= 4 is 5.91 Å². The quantitative estimate of drug-likeness (QED) is 0.810. The summed E-state index contributed by atoms with van der Waals surface area (Å²) in [6.07, 6.45) is 6.88. The van der Waals surface area contributed by atoms with Gasteiger partial charge in [0.15, 0.2) is 0 Å². The van der Waals surface area contributed by atoms with Gasteiger partial charge >= 0.3 is 0 Å². The fraction of sp³-hybridized carbons (Fsp3) is 0.588. The van der Waals surface area contributed by atoms with Crippen molar-refractivity contribution in [3.8, 4) is 0 Å². The molecule has 1 aromatic carbocycles. The Morgan fingerprint density at radius 1 is 1.05 bits per heavy atom. The Hall–Kier alpha value is -1.31. The molecule has 1 aromatic rings. The van der Waals surface area contributed by atoms with E-state index in [0.717, 1.165) is 38.3 Å². The third-order valence-corrected chi connectivity index (χ3v) is 4.78. The van der Waals surface area contributed by atoms with Crippen LogP contribution < -0.4 is 0 Å². The van der Waals surface area contributed by atoms with Crippen molar-refractivity contribution in [3.05, 3.63) is 35.9 Å². The Balaban J connectivity index is 1.62. The van der Waals surface area contributed by atoms with Gasteiger partial charge in [-0.1, -0.05) is 36.8 Å². The fourth-order valence-corrected chi connectivity index (χ4v) is 3.28. The topological polar surface area (TPSA) is 20.3 Å². The van der Waals surface area contributed by atoms with Crippen molar-refractivity contribution in [2.75, 3.05) is 13.1 Å². The van der Waals surface area contributed by atoms with Gasteiger partial charge in [-0.15, -0.1) is 0 Å². The zero-order valence-corrected chi connectivity index (χ0v) is 11.6. The SMILES string of the molecule is O=C1CCC(c2ccccc2)CCN1CC1CCC1. The minimum Gasteiger partial charge on any atom is -0.342 e. The average Bonchev–Trinajstić information content (AvgIpc) is 2.58. The number of benzene rings is 1. The first-order chi connectivity index (χ1) is 9.33. The van der Waals surface area contributed by atoms with Crippen LogP contribution in [-0.2, 0) is 4.79 Å². The predicted octanol–water partition coefficient (Wildman–Crippen LogP) is 3.58. The molecule has 1 amide bonds. The van der Waals surface area contributed by atoms with Gasteiger partial charge < -0.3 is 4.90 Å². The maximum Gasteiger partial charge on any atom is 0.222 e. The number of hydrogen-bond acceptors (Lipinski definition) is 1. The second kappa shape index (κ2) is 5.77. The molecule has 0 bridgehead atoms. The van der Waals surface area contributed by atoms with Crippen molar-refractivity contribution in [2.24, 2.45) is 5.92 Å². The summed E-state index contributed by atoms with van der Waals surface area (Å²) in [5.41, 5.74) is 1.40. The minimum absolute atomic E-state index is 0.380. The summed E-state index contributed by atoms with van der Waals surface area (Å²) in [5.74, 6) is 1.74. The van der Waals surface area contributed by atoms with Gasteiger partial charge in [-0.05, 0) is 43.1 Å². The van der Waals surface area contributed by atoms with Gasteiger partial charge in [0.25, 0.3) is 0 Å². The molecule has 0 spiro atoms. The molecule has 2 heteroatoms. The Morgan fingerprint density at radius 2 is 1.84 bits per heavy atom. The van der Waals surface area contributed by atoms with Gasteiger partial charge in [-0.2, -0.15) is 0 Å². The summed E-state index contributed by atoms with van der Waals surface area (Å²) in [6, 6.07) is 10.7. The van der Waals surface area contributed by atoms with Crippen LogP contribution in [-0.4, -0.2) is 23.9 Å². The number of hydrogen-bond donors (Lipinski definition) is 0. The molecule has 0 N–H and O–H groups in total. The fourth-order valence-electron chi connectivity index (χ4n) is 3.28. The molecule has 1 atom stereocenters. The van der Waals surface area contributed by atoms with Crippen LogP contribution in [0.4, 0.5) is 0 Å². The zero-order valence-electron chi connectivity index (χ0n) is 11.6. The Bertz CT molecular complexity index is 424. The summed E-state index contributed by atoms with van der Waals surface area (Å²) >= 11 is 0. The summed E-state index contributed by atoms with van der Waals surface area (Å²) in [4.78, 5) is 14.3. The Morgan fingerprint density at radius 3 is 2.53 bits per heavy atom. The van der Waals surface area contributed by atoms with Gasteiger partial charge in [0.05, 0.1) is 0 Å². The largest absolute Gasteiger partial charge is 0.342 e. The van der Waals surface area contributed by atoms with Crippen LogP contribution in [0, 0.1) is 5.92 Å². The third-order valence-electron chi connectivity index (χ3n) is 4.78. The predicted molar refractivity (Wildman–Crippen MR) is 77.0 cm³/mol. The van der Waals surface area contributed by atoms with Crippen LogP contribution in [0.2, 0.25) is 0 Å². The van der Waals surface area contributed by atoms with Crippen molar-refractivity contribution in [3.63, 3.8) is 0 Å². The smallest absolute Gasteiger partial charge is 0.222 e. The minimum atomic E-state index is 0.380. The van der Waals surface area contributed by atoms with E-state index in [0.29, 0.717) is 11.8 Å². The van der Waals surface area contributed by atoms with Crippen molar-refractivity contribution in [1.82, 2.24) is 4.90 Å². The molecule has 0 aromatic heterocycles. The van der Waals surface area contributed by atoms with E-state index in [1.165, 1.54) is 24.8 Å². The van der Waals surface area contributed by atoms with Gasteiger partial charge in [-0.25, -0.2) is 0 Å². The highest BCUT2D eigenvalue weighted by Gasteiger charge is 2.27. The number of nitrogens with zero attached hydrogens (tertiary/aromatic N) is 1. The number of amides is 1. The van der Waals surface area contributed by atoms with Gasteiger partial charge in [0, 0.05) is 19.5 Å². The Labute approximate surface area is 115 Å². The third kappa shape index (κ3) is 2.99. The molecule has 19 heavy (non-hydrogen) atoms. The van der Waals surface area contributed by atoms with Crippen molar-refractivity contribution in [2.45, 2.75) is 44.4 Å². The van der Waals surface area contributed by atoms with Crippen LogP contribution in [0.25, 0.3) is 0 Å². The first-order valence-electron chi connectivity index (χ1n) is 7.65. The van der Waals surface area contributed by atoms with Crippen molar-refractivity contribution < 1.29 is 4.79 Å². The van der Waals surface area contributed by atoms with E-state index in [4.69, 9.17) is 0 Å². The molecule has 2 nitrogen and oxygen atoms in total. The van der Waals surface area contributed by atoms with E-state index in [9.17, 15) is 4.79 Å². The molecule has 1 saturated heterocycles. The summed E-state index contributed by atoms with van der Waals surface area (Å²) in [7, 11) is 0. The van der Waals surface area contributed by atoms with Crippen LogP contribution in [0.1, 0.15) is 50.0 Å². The van der Waals surface area contributed by atoms with E-state index in [2.05, 4.69) is 35.2 Å². The zero-order chi connectivity index (χ0) is 13.1. The number of carbonyl (C=O) groups excluding carboxylic acids is 1. The molecule has 1 aliphatic carbocycles. The molecule has 3 rings (SSSR count). The monoisotopic (exact) mass is 257 g/mol. The lowest BCUT2D eigenvalue weighted by Gasteiger charge is -2.31. The number of rotatable bonds is 3. The molecular weight excluding hydrogens is 234 g/mol. The van der Waals surface area contributed by atoms with Gasteiger partial charge in [0.1, 0.15) is 0 Å². The molecule has 2 aliphatic rings. The normalized spacial score (nSPS) is 24.9. The van der Waals surface area contributed by atoms with Crippen LogP contribution in [0.5, 0.6) is 0 Å². The average molecular weight is 257 g/mol. The highest BCUT2D eigenvalue weighted by atomic mass is 16.2. The lowest BCUT2D eigenvalue weighted by atomic mass is 9.85. The van der Waals surface area contributed by atoms with E-state index in [1.54, 1.807) is 0 Å². The van der Waals surface area contributed by atoms with Crippen LogP contribution in [0.15, 0.2) is 30.3 Å². The van der Waals surface area contributed by atoms with Crippen LogP contribution in [0.3, 0.4) is 0 Å². The molecular formula is C17H23NO.